The number of nitrogens with two attached hydrogens (primary N) is 1. The van der Waals surface area contributed by atoms with E-state index in [9.17, 15) is 5.11 Å². The summed E-state index contributed by atoms with van der Waals surface area (Å²) in [5.74, 6) is 0.124. The summed E-state index contributed by atoms with van der Waals surface area (Å²) in [4.78, 5) is 2.21. The quantitative estimate of drug-likeness (QED) is 0.665. The smallest absolute Gasteiger partial charge is 0.138 e. The molecule has 3 nitrogen and oxygen atoms in total. The fraction of sp³-hybridized carbons (Fsp3) is 0.250. The molecule has 0 saturated carbocycles. The molecule has 0 aliphatic carbocycles. The summed E-state index contributed by atoms with van der Waals surface area (Å²) in [6.45, 7) is 2.88. The fourth-order valence-electron chi connectivity index (χ4n) is 2.15. The Balaban J connectivity index is 2.11. The molecule has 0 amide bonds. The highest BCUT2D eigenvalue weighted by molar-refractivity contribution is 6.30. The number of nitrogen functional groups attached to an aromatic ring is 1. The molecule has 1 atom stereocenters. The van der Waals surface area contributed by atoms with Crippen molar-refractivity contribution in [2.45, 2.75) is 19.5 Å². The maximum absolute atomic E-state index is 9.44. The number of benzene rings is 2. The standard InChI is InChI=1S/C16H19ClN2O/c1-11(13-4-3-5-14(17)9-13)19(2)10-12-6-7-16(20)15(18)8-12/h3-9,11,20H,10,18H2,1-2H3. The number of aromatic hydroxyl groups is 1. The predicted molar refractivity (Wildman–Crippen MR) is 83.9 cm³/mol. The zero-order valence-electron chi connectivity index (χ0n) is 11.7. The second kappa shape index (κ2) is 6.16. The van der Waals surface area contributed by atoms with Crippen LogP contribution in [0.2, 0.25) is 5.02 Å². The van der Waals surface area contributed by atoms with Gasteiger partial charge in [0.25, 0.3) is 0 Å². The monoisotopic (exact) mass is 290 g/mol. The van der Waals surface area contributed by atoms with E-state index in [0.717, 1.165) is 17.1 Å². The van der Waals surface area contributed by atoms with Crippen molar-refractivity contribution < 1.29 is 5.11 Å². The van der Waals surface area contributed by atoms with Gasteiger partial charge in [-0.2, -0.15) is 0 Å². The summed E-state index contributed by atoms with van der Waals surface area (Å²) in [5.41, 5.74) is 8.37. The van der Waals surface area contributed by atoms with Gasteiger partial charge < -0.3 is 10.8 Å². The first-order chi connectivity index (χ1) is 9.47. The molecule has 0 fully saturated rings. The van der Waals surface area contributed by atoms with Gasteiger partial charge in [0.05, 0.1) is 5.69 Å². The molecule has 20 heavy (non-hydrogen) atoms. The fourth-order valence-corrected chi connectivity index (χ4v) is 2.35. The second-order valence-electron chi connectivity index (χ2n) is 5.04. The maximum Gasteiger partial charge on any atom is 0.138 e. The normalized spacial score (nSPS) is 12.6. The minimum absolute atomic E-state index is 0.124. The maximum atomic E-state index is 9.44. The van der Waals surface area contributed by atoms with Gasteiger partial charge in [-0.1, -0.05) is 29.8 Å². The number of phenols is 1. The number of anilines is 1. The predicted octanol–water partition coefficient (Wildman–Crippen LogP) is 3.82. The first kappa shape index (κ1) is 14.7. The molecule has 0 heterocycles. The largest absolute Gasteiger partial charge is 0.506 e. The highest BCUT2D eigenvalue weighted by Gasteiger charge is 2.12. The third kappa shape index (κ3) is 3.44. The molecule has 106 valence electrons. The van der Waals surface area contributed by atoms with Gasteiger partial charge in [-0.25, -0.2) is 0 Å². The summed E-state index contributed by atoms with van der Waals surface area (Å²) in [5, 5.41) is 10.2. The van der Waals surface area contributed by atoms with Gasteiger partial charge in [-0.15, -0.1) is 0 Å². The Hall–Kier alpha value is -1.71. The van der Waals surface area contributed by atoms with E-state index in [4.69, 9.17) is 17.3 Å². The van der Waals surface area contributed by atoms with E-state index in [0.29, 0.717) is 5.69 Å². The minimum Gasteiger partial charge on any atom is -0.506 e. The van der Waals surface area contributed by atoms with Crippen LogP contribution < -0.4 is 5.73 Å². The Labute approximate surface area is 124 Å². The van der Waals surface area contributed by atoms with E-state index in [2.05, 4.69) is 24.9 Å². The molecule has 2 aromatic rings. The third-order valence-corrected chi connectivity index (χ3v) is 3.75. The summed E-state index contributed by atoms with van der Waals surface area (Å²) < 4.78 is 0. The lowest BCUT2D eigenvalue weighted by atomic mass is 10.1. The van der Waals surface area contributed by atoms with E-state index in [1.165, 1.54) is 5.56 Å². The van der Waals surface area contributed by atoms with Crippen LogP contribution in [0.15, 0.2) is 42.5 Å². The lowest BCUT2D eigenvalue weighted by Crippen LogP contribution is -2.21. The zero-order valence-corrected chi connectivity index (χ0v) is 12.4. The van der Waals surface area contributed by atoms with Crippen molar-refractivity contribution >= 4 is 17.3 Å². The molecule has 2 rings (SSSR count). The van der Waals surface area contributed by atoms with E-state index in [1.54, 1.807) is 12.1 Å². The summed E-state index contributed by atoms with van der Waals surface area (Å²) in [6, 6.07) is 13.4. The average molecular weight is 291 g/mol. The van der Waals surface area contributed by atoms with E-state index in [-0.39, 0.29) is 11.8 Å². The number of rotatable bonds is 4. The molecule has 0 aliphatic rings. The van der Waals surface area contributed by atoms with Crippen molar-refractivity contribution in [2.24, 2.45) is 0 Å². The molecule has 0 saturated heterocycles. The van der Waals surface area contributed by atoms with E-state index in [1.807, 2.05) is 24.3 Å². The summed E-state index contributed by atoms with van der Waals surface area (Å²) >= 11 is 6.03. The summed E-state index contributed by atoms with van der Waals surface area (Å²) in [6.07, 6.45) is 0. The lowest BCUT2D eigenvalue weighted by Gasteiger charge is -2.25. The van der Waals surface area contributed by atoms with Crippen LogP contribution in [0.4, 0.5) is 5.69 Å². The van der Waals surface area contributed by atoms with Crippen molar-refractivity contribution in [3.63, 3.8) is 0 Å². The van der Waals surface area contributed by atoms with Crippen LogP contribution in [0.1, 0.15) is 24.1 Å². The number of hydrogen-bond acceptors (Lipinski definition) is 3. The zero-order chi connectivity index (χ0) is 14.7. The van der Waals surface area contributed by atoms with Crippen LogP contribution in [0, 0.1) is 0 Å². The molecule has 0 aromatic heterocycles. The number of halogens is 1. The first-order valence-corrected chi connectivity index (χ1v) is 6.88. The van der Waals surface area contributed by atoms with Gasteiger partial charge in [0, 0.05) is 17.6 Å². The van der Waals surface area contributed by atoms with E-state index >= 15 is 0 Å². The van der Waals surface area contributed by atoms with Gasteiger partial charge in [-0.3, -0.25) is 4.90 Å². The van der Waals surface area contributed by atoms with Crippen LogP contribution in [0.25, 0.3) is 0 Å². The van der Waals surface area contributed by atoms with E-state index < -0.39 is 0 Å². The van der Waals surface area contributed by atoms with Crippen LogP contribution in [0.5, 0.6) is 5.75 Å². The minimum atomic E-state index is 0.124. The Morgan fingerprint density at radius 1 is 1.25 bits per heavy atom. The summed E-state index contributed by atoms with van der Waals surface area (Å²) in [7, 11) is 2.05. The molecule has 1 unspecified atom stereocenters. The molecule has 4 heteroatoms. The first-order valence-electron chi connectivity index (χ1n) is 6.50. The van der Waals surface area contributed by atoms with Crippen molar-refractivity contribution in [3.8, 4) is 5.75 Å². The van der Waals surface area contributed by atoms with Crippen LogP contribution in [-0.2, 0) is 6.54 Å². The number of phenolic OH excluding ortho intramolecular Hbond substituents is 1. The van der Waals surface area contributed by atoms with Crippen molar-refractivity contribution in [1.82, 2.24) is 4.90 Å². The highest BCUT2D eigenvalue weighted by Crippen LogP contribution is 2.25. The van der Waals surface area contributed by atoms with Crippen molar-refractivity contribution in [1.29, 1.82) is 0 Å². The molecular weight excluding hydrogens is 272 g/mol. The van der Waals surface area contributed by atoms with Crippen LogP contribution in [0.3, 0.4) is 0 Å². The van der Waals surface area contributed by atoms with Crippen molar-refractivity contribution in [2.75, 3.05) is 12.8 Å². The second-order valence-corrected chi connectivity index (χ2v) is 5.48. The average Bonchev–Trinajstić information content (AvgIpc) is 2.42. The number of nitrogens with zero attached hydrogens (tertiary/aromatic N) is 1. The lowest BCUT2D eigenvalue weighted by molar-refractivity contribution is 0.253. The third-order valence-electron chi connectivity index (χ3n) is 3.52. The molecule has 0 spiro atoms. The van der Waals surface area contributed by atoms with Gasteiger partial charge in [0.15, 0.2) is 0 Å². The van der Waals surface area contributed by atoms with Crippen LogP contribution in [-0.4, -0.2) is 17.1 Å². The SMILES string of the molecule is CC(c1cccc(Cl)c1)N(C)Cc1ccc(O)c(N)c1. The van der Waals surface area contributed by atoms with Crippen LogP contribution >= 0.6 is 11.6 Å². The highest BCUT2D eigenvalue weighted by atomic mass is 35.5. The Bertz CT molecular complexity index is 601. The molecule has 0 aliphatic heterocycles. The molecule has 2 aromatic carbocycles. The Kier molecular flexibility index (Phi) is 4.53. The van der Waals surface area contributed by atoms with Crippen molar-refractivity contribution in [3.05, 3.63) is 58.6 Å². The Morgan fingerprint density at radius 3 is 2.65 bits per heavy atom. The number of hydrogen-bond donors (Lipinski definition) is 2. The Morgan fingerprint density at radius 2 is 2.00 bits per heavy atom. The molecule has 3 N–H and O–H groups in total. The topological polar surface area (TPSA) is 49.5 Å². The molecular formula is C16H19ClN2O. The molecule has 0 bridgehead atoms. The van der Waals surface area contributed by atoms with Gasteiger partial charge in [-0.05, 0) is 49.4 Å². The van der Waals surface area contributed by atoms with Gasteiger partial charge >= 0.3 is 0 Å². The molecule has 0 radical (unpaired) electrons. The van der Waals surface area contributed by atoms with Gasteiger partial charge in [0.1, 0.15) is 5.75 Å². The van der Waals surface area contributed by atoms with Gasteiger partial charge in [0.2, 0.25) is 0 Å².